The number of ether oxygens (including phenoxy) is 2. The summed E-state index contributed by atoms with van der Waals surface area (Å²) in [5.41, 5.74) is 2.11. The summed E-state index contributed by atoms with van der Waals surface area (Å²) in [6.45, 7) is 3.37. The number of aromatic nitrogens is 1. The zero-order chi connectivity index (χ0) is 18.7. The lowest BCUT2D eigenvalue weighted by Crippen LogP contribution is -2.49. The number of morpholine rings is 1. The molecule has 9 nitrogen and oxygen atoms in total. The highest BCUT2D eigenvalue weighted by molar-refractivity contribution is 5.96. The number of hydrogen-bond acceptors (Lipinski definition) is 6. The van der Waals surface area contributed by atoms with E-state index in [1.54, 1.807) is 18.0 Å². The molecule has 0 saturated carbocycles. The van der Waals surface area contributed by atoms with Gasteiger partial charge in [-0.3, -0.25) is 9.78 Å². The smallest absolute Gasteiger partial charge is 0.410 e. The zero-order valence-electron chi connectivity index (χ0n) is 14.5. The molecule has 140 valence electrons. The molecule has 0 spiro atoms. The SMILES string of the molecule is CCOC(=O)N1CCc2c(cncc2C(=O)N2CCOC(C(=O)O)C2)C1. The fraction of sp³-hybridized carbons (Fsp3) is 0.529. The van der Waals surface area contributed by atoms with Crippen molar-refractivity contribution in [3.63, 3.8) is 0 Å². The maximum absolute atomic E-state index is 12.9. The first kappa shape index (κ1) is 18.1. The molecular formula is C17H21N3O6. The Labute approximate surface area is 150 Å². The average molecular weight is 363 g/mol. The summed E-state index contributed by atoms with van der Waals surface area (Å²) in [6, 6.07) is 0. The molecule has 1 atom stereocenters. The Kier molecular flexibility index (Phi) is 5.36. The van der Waals surface area contributed by atoms with E-state index in [4.69, 9.17) is 14.6 Å². The molecule has 0 radical (unpaired) electrons. The molecule has 1 fully saturated rings. The summed E-state index contributed by atoms with van der Waals surface area (Å²) < 4.78 is 10.2. The lowest BCUT2D eigenvalue weighted by Gasteiger charge is -2.33. The lowest BCUT2D eigenvalue weighted by molar-refractivity contribution is -0.154. The maximum atomic E-state index is 12.9. The van der Waals surface area contributed by atoms with Crippen LogP contribution in [0.4, 0.5) is 4.79 Å². The second kappa shape index (κ2) is 7.69. The van der Waals surface area contributed by atoms with E-state index in [0.717, 1.165) is 11.1 Å². The molecule has 0 bridgehead atoms. The standard InChI is InChI=1S/C17H21N3O6/c1-2-25-17(24)20-4-3-12-11(9-20)7-18-8-13(12)15(21)19-5-6-26-14(10-19)16(22)23/h7-8,14H,2-6,9-10H2,1H3,(H,22,23). The molecule has 3 rings (SSSR count). The molecule has 1 unspecified atom stereocenters. The summed E-state index contributed by atoms with van der Waals surface area (Å²) in [5, 5.41) is 9.10. The molecular weight excluding hydrogens is 342 g/mol. The van der Waals surface area contributed by atoms with Gasteiger partial charge in [-0.15, -0.1) is 0 Å². The Morgan fingerprint density at radius 2 is 2.12 bits per heavy atom. The maximum Gasteiger partial charge on any atom is 0.410 e. The van der Waals surface area contributed by atoms with Crippen LogP contribution in [0.15, 0.2) is 12.4 Å². The summed E-state index contributed by atoms with van der Waals surface area (Å²) >= 11 is 0. The third-order valence-corrected chi connectivity index (χ3v) is 4.53. The number of carboxylic acids is 1. The van der Waals surface area contributed by atoms with Crippen molar-refractivity contribution >= 4 is 18.0 Å². The fourth-order valence-corrected chi connectivity index (χ4v) is 3.20. The summed E-state index contributed by atoms with van der Waals surface area (Å²) in [5.74, 6) is -1.34. The summed E-state index contributed by atoms with van der Waals surface area (Å²) in [4.78, 5) is 43.1. The number of fused-ring (bicyclic) bond motifs is 1. The minimum atomic E-state index is -1.08. The molecule has 1 saturated heterocycles. The van der Waals surface area contributed by atoms with Gasteiger partial charge in [0.15, 0.2) is 6.10 Å². The normalized spacial score (nSPS) is 19.7. The van der Waals surface area contributed by atoms with Gasteiger partial charge in [0.2, 0.25) is 0 Å². The van der Waals surface area contributed by atoms with E-state index in [9.17, 15) is 14.4 Å². The topological polar surface area (TPSA) is 109 Å². The van der Waals surface area contributed by atoms with E-state index in [-0.39, 0.29) is 25.2 Å². The number of carbonyl (C=O) groups excluding carboxylic acids is 2. The van der Waals surface area contributed by atoms with Crippen molar-refractivity contribution in [2.24, 2.45) is 0 Å². The molecule has 1 N–H and O–H groups in total. The van der Waals surface area contributed by atoms with Crippen LogP contribution in [0.3, 0.4) is 0 Å². The van der Waals surface area contributed by atoms with Crippen LogP contribution in [-0.2, 0) is 27.2 Å². The predicted octanol–water partition coefficient (Wildman–Crippen LogP) is 0.522. The van der Waals surface area contributed by atoms with Crippen molar-refractivity contribution in [1.29, 1.82) is 0 Å². The number of aliphatic carboxylic acids is 1. The fourth-order valence-electron chi connectivity index (χ4n) is 3.20. The number of carbonyl (C=O) groups is 3. The average Bonchev–Trinajstić information content (AvgIpc) is 2.66. The van der Waals surface area contributed by atoms with Crippen LogP contribution in [0, 0.1) is 0 Å². The van der Waals surface area contributed by atoms with Crippen molar-refractivity contribution in [3.05, 3.63) is 29.1 Å². The van der Waals surface area contributed by atoms with E-state index < -0.39 is 12.1 Å². The van der Waals surface area contributed by atoms with Gasteiger partial charge in [0.1, 0.15) is 0 Å². The lowest BCUT2D eigenvalue weighted by atomic mass is 9.96. The van der Waals surface area contributed by atoms with Gasteiger partial charge in [0.05, 0.1) is 31.9 Å². The minimum Gasteiger partial charge on any atom is -0.479 e. The Bertz CT molecular complexity index is 722. The molecule has 0 aromatic carbocycles. The van der Waals surface area contributed by atoms with Crippen LogP contribution in [0.5, 0.6) is 0 Å². The highest BCUT2D eigenvalue weighted by Crippen LogP contribution is 2.24. The van der Waals surface area contributed by atoms with Gasteiger partial charge in [-0.2, -0.15) is 0 Å². The summed E-state index contributed by atoms with van der Waals surface area (Å²) in [6.07, 6.45) is 2.28. The van der Waals surface area contributed by atoms with Gasteiger partial charge in [0.25, 0.3) is 5.91 Å². The molecule has 3 heterocycles. The highest BCUT2D eigenvalue weighted by Gasteiger charge is 2.32. The van der Waals surface area contributed by atoms with E-state index in [1.807, 2.05) is 0 Å². The van der Waals surface area contributed by atoms with Crippen LogP contribution in [0.2, 0.25) is 0 Å². The highest BCUT2D eigenvalue weighted by atomic mass is 16.6. The first-order valence-corrected chi connectivity index (χ1v) is 8.52. The monoisotopic (exact) mass is 363 g/mol. The summed E-state index contributed by atoms with van der Waals surface area (Å²) in [7, 11) is 0. The largest absolute Gasteiger partial charge is 0.479 e. The van der Waals surface area contributed by atoms with Crippen molar-refractivity contribution in [3.8, 4) is 0 Å². The number of pyridine rings is 1. The van der Waals surface area contributed by atoms with E-state index >= 15 is 0 Å². The molecule has 2 amide bonds. The molecule has 2 aliphatic rings. The molecule has 0 aliphatic carbocycles. The quantitative estimate of drug-likeness (QED) is 0.834. The molecule has 1 aromatic rings. The molecule has 2 aliphatic heterocycles. The van der Waals surface area contributed by atoms with Crippen molar-refractivity contribution in [1.82, 2.24) is 14.8 Å². The minimum absolute atomic E-state index is 0.00673. The second-order valence-electron chi connectivity index (χ2n) is 6.14. The third-order valence-electron chi connectivity index (χ3n) is 4.53. The van der Waals surface area contributed by atoms with Gasteiger partial charge in [-0.25, -0.2) is 9.59 Å². The van der Waals surface area contributed by atoms with E-state index in [0.29, 0.717) is 38.2 Å². The number of rotatable bonds is 3. The van der Waals surface area contributed by atoms with Crippen LogP contribution >= 0.6 is 0 Å². The Balaban J connectivity index is 1.78. The molecule has 26 heavy (non-hydrogen) atoms. The van der Waals surface area contributed by atoms with Crippen molar-refractivity contribution in [2.75, 3.05) is 32.8 Å². The Hall–Kier alpha value is -2.68. The number of hydrogen-bond donors (Lipinski definition) is 1. The van der Waals surface area contributed by atoms with Crippen LogP contribution < -0.4 is 0 Å². The second-order valence-corrected chi connectivity index (χ2v) is 6.14. The molecule has 1 aromatic heterocycles. The van der Waals surface area contributed by atoms with Crippen LogP contribution in [0.25, 0.3) is 0 Å². The zero-order valence-corrected chi connectivity index (χ0v) is 14.5. The van der Waals surface area contributed by atoms with Gasteiger partial charge in [-0.05, 0) is 24.5 Å². The van der Waals surface area contributed by atoms with Crippen molar-refractivity contribution < 1.29 is 29.0 Å². The number of amides is 2. The molecule has 9 heteroatoms. The Morgan fingerprint density at radius 3 is 2.85 bits per heavy atom. The van der Waals surface area contributed by atoms with Gasteiger partial charge >= 0.3 is 12.1 Å². The van der Waals surface area contributed by atoms with E-state index in [2.05, 4.69) is 4.98 Å². The van der Waals surface area contributed by atoms with Gasteiger partial charge in [-0.1, -0.05) is 0 Å². The first-order chi connectivity index (χ1) is 12.5. The van der Waals surface area contributed by atoms with Crippen LogP contribution in [0.1, 0.15) is 28.4 Å². The predicted molar refractivity (Wildman–Crippen MR) is 88.7 cm³/mol. The Morgan fingerprint density at radius 1 is 1.31 bits per heavy atom. The third kappa shape index (κ3) is 3.62. The van der Waals surface area contributed by atoms with Crippen LogP contribution in [-0.4, -0.2) is 76.8 Å². The number of nitrogens with zero attached hydrogens (tertiary/aromatic N) is 3. The van der Waals surface area contributed by atoms with E-state index in [1.165, 1.54) is 11.1 Å². The van der Waals surface area contributed by atoms with Crippen molar-refractivity contribution in [2.45, 2.75) is 26.0 Å². The van der Waals surface area contributed by atoms with Gasteiger partial charge in [0, 0.05) is 25.5 Å². The number of carboxylic acid groups (broad SMARTS) is 1. The van der Waals surface area contributed by atoms with Gasteiger partial charge < -0.3 is 24.4 Å². The first-order valence-electron chi connectivity index (χ1n) is 8.52.